The number of benzene rings is 1. The van der Waals surface area contributed by atoms with Crippen LogP contribution < -0.4 is 5.32 Å². The van der Waals surface area contributed by atoms with E-state index in [-0.39, 0.29) is 5.91 Å². The number of anilines is 1. The lowest BCUT2D eigenvalue weighted by Crippen LogP contribution is -2.16. The fraction of sp³-hybridized carbons (Fsp3) is 0.133. The van der Waals surface area contributed by atoms with Crippen LogP contribution in [0.2, 0.25) is 0 Å². The molecule has 0 spiro atoms. The highest BCUT2D eigenvalue weighted by molar-refractivity contribution is 5.91. The van der Waals surface area contributed by atoms with E-state index in [0.717, 1.165) is 11.1 Å². The van der Waals surface area contributed by atoms with E-state index in [4.69, 9.17) is 0 Å². The van der Waals surface area contributed by atoms with Gasteiger partial charge in [0.1, 0.15) is 24.8 Å². The van der Waals surface area contributed by atoms with Gasteiger partial charge in [0.05, 0.1) is 6.42 Å². The first-order valence-electron chi connectivity index (χ1n) is 6.73. The first kappa shape index (κ1) is 13.9. The molecule has 2 aromatic heterocycles. The van der Waals surface area contributed by atoms with E-state index in [2.05, 4.69) is 25.4 Å². The highest BCUT2D eigenvalue weighted by Gasteiger charge is 2.07. The molecule has 1 amide bonds. The molecule has 0 saturated heterocycles. The van der Waals surface area contributed by atoms with Gasteiger partial charge in [-0.2, -0.15) is 5.10 Å². The Kier molecular flexibility index (Phi) is 3.86. The SMILES string of the molecule is Cc1ccc(CC(=O)Nc2cc(-n3cncn3)ncn2)cc1. The Balaban J connectivity index is 1.69. The fourth-order valence-electron chi connectivity index (χ4n) is 1.95. The predicted octanol–water partition coefficient (Wildman–Crippen LogP) is 1.55. The van der Waals surface area contributed by atoms with Crippen LogP contribution in [0.5, 0.6) is 0 Å². The normalized spacial score (nSPS) is 10.4. The van der Waals surface area contributed by atoms with E-state index in [1.54, 1.807) is 6.07 Å². The number of aryl methyl sites for hydroxylation is 1. The lowest BCUT2D eigenvalue weighted by Gasteiger charge is -2.06. The van der Waals surface area contributed by atoms with Crippen molar-refractivity contribution < 1.29 is 4.79 Å². The van der Waals surface area contributed by atoms with Crippen molar-refractivity contribution in [3.05, 3.63) is 60.4 Å². The smallest absolute Gasteiger partial charge is 0.229 e. The van der Waals surface area contributed by atoms with E-state index < -0.39 is 0 Å². The van der Waals surface area contributed by atoms with Crippen LogP contribution in [-0.2, 0) is 11.2 Å². The molecule has 110 valence electrons. The molecule has 0 aliphatic carbocycles. The van der Waals surface area contributed by atoms with Crippen molar-refractivity contribution in [1.29, 1.82) is 0 Å². The van der Waals surface area contributed by atoms with Gasteiger partial charge in [-0.25, -0.2) is 19.6 Å². The van der Waals surface area contributed by atoms with Gasteiger partial charge < -0.3 is 5.32 Å². The fourth-order valence-corrected chi connectivity index (χ4v) is 1.95. The second-order valence-corrected chi connectivity index (χ2v) is 4.81. The summed E-state index contributed by atoms with van der Waals surface area (Å²) in [6.45, 7) is 2.01. The molecule has 1 aromatic carbocycles. The van der Waals surface area contributed by atoms with Gasteiger partial charge in [0, 0.05) is 6.07 Å². The van der Waals surface area contributed by atoms with Crippen molar-refractivity contribution in [3.63, 3.8) is 0 Å². The maximum atomic E-state index is 12.1. The highest BCUT2D eigenvalue weighted by Crippen LogP contribution is 2.09. The summed E-state index contributed by atoms with van der Waals surface area (Å²) in [5, 5.41) is 6.74. The monoisotopic (exact) mass is 294 g/mol. The third kappa shape index (κ3) is 3.32. The lowest BCUT2D eigenvalue weighted by atomic mass is 10.1. The number of carbonyl (C=O) groups is 1. The Morgan fingerprint density at radius 2 is 2.00 bits per heavy atom. The summed E-state index contributed by atoms with van der Waals surface area (Å²) < 4.78 is 1.50. The minimum atomic E-state index is -0.132. The van der Waals surface area contributed by atoms with Crippen molar-refractivity contribution in [1.82, 2.24) is 24.7 Å². The zero-order chi connectivity index (χ0) is 15.4. The van der Waals surface area contributed by atoms with Gasteiger partial charge in [0.2, 0.25) is 5.91 Å². The van der Waals surface area contributed by atoms with Gasteiger partial charge in [0.25, 0.3) is 0 Å². The Bertz CT molecular complexity index is 767. The number of nitrogens with zero attached hydrogens (tertiary/aromatic N) is 5. The van der Waals surface area contributed by atoms with Crippen LogP contribution in [0.25, 0.3) is 5.82 Å². The third-order valence-electron chi connectivity index (χ3n) is 3.06. The molecular weight excluding hydrogens is 280 g/mol. The van der Waals surface area contributed by atoms with Gasteiger partial charge in [-0.05, 0) is 12.5 Å². The first-order chi connectivity index (χ1) is 10.7. The van der Waals surface area contributed by atoms with Crippen LogP contribution in [0.3, 0.4) is 0 Å². The molecule has 1 N–H and O–H groups in total. The van der Waals surface area contributed by atoms with E-state index >= 15 is 0 Å². The molecule has 0 fully saturated rings. The van der Waals surface area contributed by atoms with Gasteiger partial charge in [-0.3, -0.25) is 4.79 Å². The molecular formula is C15H14N6O. The molecule has 0 radical (unpaired) electrons. The van der Waals surface area contributed by atoms with E-state index in [1.165, 1.54) is 23.7 Å². The second-order valence-electron chi connectivity index (χ2n) is 4.81. The molecule has 0 aliphatic heterocycles. The molecule has 7 heteroatoms. The van der Waals surface area contributed by atoms with Crippen molar-refractivity contribution in [2.75, 3.05) is 5.32 Å². The zero-order valence-corrected chi connectivity index (χ0v) is 12.0. The second kappa shape index (κ2) is 6.13. The summed E-state index contributed by atoms with van der Waals surface area (Å²) in [5.74, 6) is 0.836. The van der Waals surface area contributed by atoms with E-state index in [1.807, 2.05) is 31.2 Å². The minimum absolute atomic E-state index is 0.132. The number of hydrogen-bond donors (Lipinski definition) is 1. The van der Waals surface area contributed by atoms with Gasteiger partial charge in [0.15, 0.2) is 5.82 Å². The molecule has 22 heavy (non-hydrogen) atoms. The Morgan fingerprint density at radius 3 is 2.73 bits per heavy atom. The molecule has 0 atom stereocenters. The van der Waals surface area contributed by atoms with Gasteiger partial charge in [-0.1, -0.05) is 29.8 Å². The molecule has 2 heterocycles. The van der Waals surface area contributed by atoms with Gasteiger partial charge >= 0.3 is 0 Å². The molecule has 0 aliphatic rings. The molecule has 0 bridgehead atoms. The highest BCUT2D eigenvalue weighted by atomic mass is 16.1. The van der Waals surface area contributed by atoms with Crippen LogP contribution in [0.1, 0.15) is 11.1 Å². The largest absolute Gasteiger partial charge is 0.310 e. The van der Waals surface area contributed by atoms with Crippen molar-refractivity contribution in [2.45, 2.75) is 13.3 Å². The van der Waals surface area contributed by atoms with E-state index in [9.17, 15) is 4.79 Å². The average molecular weight is 294 g/mol. The number of nitrogens with one attached hydrogen (secondary N) is 1. The van der Waals surface area contributed by atoms with Gasteiger partial charge in [-0.15, -0.1) is 0 Å². The Labute approximate surface area is 127 Å². The lowest BCUT2D eigenvalue weighted by molar-refractivity contribution is -0.115. The number of amides is 1. The number of aromatic nitrogens is 5. The topological polar surface area (TPSA) is 85.6 Å². The summed E-state index contributed by atoms with van der Waals surface area (Å²) >= 11 is 0. The quantitative estimate of drug-likeness (QED) is 0.789. The maximum absolute atomic E-state index is 12.1. The predicted molar refractivity (Wildman–Crippen MR) is 80.5 cm³/mol. The molecule has 0 saturated carbocycles. The third-order valence-corrected chi connectivity index (χ3v) is 3.06. The summed E-state index contributed by atoms with van der Waals surface area (Å²) in [7, 11) is 0. The van der Waals surface area contributed by atoms with Crippen molar-refractivity contribution in [2.24, 2.45) is 0 Å². The summed E-state index contributed by atoms with van der Waals surface area (Å²) in [5.41, 5.74) is 2.12. The number of hydrogen-bond acceptors (Lipinski definition) is 5. The van der Waals surface area contributed by atoms with Crippen LogP contribution in [0.4, 0.5) is 5.82 Å². The Hall–Kier alpha value is -3.09. The Morgan fingerprint density at radius 1 is 1.18 bits per heavy atom. The zero-order valence-electron chi connectivity index (χ0n) is 12.0. The standard InChI is InChI=1S/C15H14N6O/c1-11-2-4-12(5-3-11)6-15(22)20-13-7-14(18-9-17-13)21-10-16-8-19-21/h2-5,7-10H,6H2,1H3,(H,17,18,20,22). The number of rotatable bonds is 4. The first-order valence-corrected chi connectivity index (χ1v) is 6.73. The van der Waals surface area contributed by atoms with Crippen LogP contribution in [-0.4, -0.2) is 30.6 Å². The van der Waals surface area contributed by atoms with Crippen molar-refractivity contribution >= 4 is 11.7 Å². The molecule has 0 unspecified atom stereocenters. The minimum Gasteiger partial charge on any atom is -0.310 e. The molecule has 7 nitrogen and oxygen atoms in total. The van der Waals surface area contributed by atoms with Crippen LogP contribution in [0.15, 0.2) is 49.3 Å². The van der Waals surface area contributed by atoms with Crippen LogP contribution in [0, 0.1) is 6.92 Å². The number of carbonyl (C=O) groups excluding carboxylic acids is 1. The molecule has 3 aromatic rings. The average Bonchev–Trinajstić information content (AvgIpc) is 3.04. The van der Waals surface area contributed by atoms with E-state index in [0.29, 0.717) is 18.1 Å². The van der Waals surface area contributed by atoms with Crippen LogP contribution >= 0.6 is 0 Å². The molecule has 3 rings (SSSR count). The summed E-state index contributed by atoms with van der Waals surface area (Å²) in [4.78, 5) is 24.0. The maximum Gasteiger partial charge on any atom is 0.229 e. The summed E-state index contributed by atoms with van der Waals surface area (Å²) in [6, 6.07) is 9.49. The van der Waals surface area contributed by atoms with Crippen molar-refractivity contribution in [3.8, 4) is 5.82 Å². The summed E-state index contributed by atoms with van der Waals surface area (Å²) in [6.07, 6.45) is 4.61.